The first-order valence-corrected chi connectivity index (χ1v) is 6.78. The highest BCUT2D eigenvalue weighted by Crippen LogP contribution is 2.23. The molecule has 9 nitrogen and oxygen atoms in total. The molecule has 0 saturated heterocycles. The lowest BCUT2D eigenvalue weighted by Gasteiger charge is -2.30. The zero-order valence-electron chi connectivity index (χ0n) is 11.0. The van der Waals surface area contributed by atoms with E-state index < -0.39 is 32.3 Å². The van der Waals surface area contributed by atoms with E-state index in [4.69, 9.17) is 5.11 Å². The van der Waals surface area contributed by atoms with E-state index in [9.17, 15) is 23.3 Å². The molecule has 1 aromatic heterocycles. The average Bonchev–Trinajstić information content (AvgIpc) is 2.37. The van der Waals surface area contributed by atoms with E-state index in [0.717, 1.165) is 25.4 Å². The number of rotatable bonds is 5. The fourth-order valence-corrected chi connectivity index (χ4v) is 2.65. The third kappa shape index (κ3) is 2.75. The predicted molar refractivity (Wildman–Crippen MR) is 67.6 cm³/mol. The summed E-state index contributed by atoms with van der Waals surface area (Å²) >= 11 is 0. The number of hydrogen-bond acceptors (Lipinski definition) is 6. The quantitative estimate of drug-likeness (QED) is 0.618. The summed E-state index contributed by atoms with van der Waals surface area (Å²) in [4.78, 5) is 23.8. The van der Waals surface area contributed by atoms with Crippen LogP contribution in [0.5, 0.6) is 0 Å². The average molecular weight is 303 g/mol. The van der Waals surface area contributed by atoms with E-state index in [1.54, 1.807) is 0 Å². The molecular weight excluding hydrogens is 290 g/mol. The molecule has 0 unspecified atom stereocenters. The summed E-state index contributed by atoms with van der Waals surface area (Å²) in [6, 6.07) is 1.95. The molecule has 0 aliphatic carbocycles. The number of sulfonamides is 1. The second kappa shape index (κ2) is 5.13. The number of nitrogens with zero attached hydrogens (tertiary/aromatic N) is 3. The molecule has 1 N–H and O–H groups in total. The number of pyridine rings is 1. The summed E-state index contributed by atoms with van der Waals surface area (Å²) in [5.74, 6) is -1.82. The zero-order chi connectivity index (χ0) is 15.7. The fraction of sp³-hybridized carbons (Fsp3) is 0.400. The van der Waals surface area contributed by atoms with Gasteiger partial charge in [-0.05, 0) is 29.8 Å². The molecule has 0 atom stereocenters. The van der Waals surface area contributed by atoms with Gasteiger partial charge in [0.15, 0.2) is 6.20 Å². The highest BCUT2D eigenvalue weighted by molar-refractivity contribution is 7.89. The van der Waals surface area contributed by atoms with Crippen LogP contribution in [-0.4, -0.2) is 46.3 Å². The normalized spacial score (nSPS) is 12.4. The summed E-state index contributed by atoms with van der Waals surface area (Å²) in [6.07, 6.45) is 0.821. The highest BCUT2D eigenvalue weighted by Gasteiger charge is 2.40. The molecular formula is C10H13N3O6S. The van der Waals surface area contributed by atoms with E-state index in [2.05, 4.69) is 4.98 Å². The smallest absolute Gasteiger partial charge is 0.363 e. The van der Waals surface area contributed by atoms with E-state index in [1.165, 1.54) is 13.8 Å². The van der Waals surface area contributed by atoms with Gasteiger partial charge in [0.05, 0.1) is 0 Å². The summed E-state index contributed by atoms with van der Waals surface area (Å²) in [5.41, 5.74) is -1.67. The van der Waals surface area contributed by atoms with Crippen molar-refractivity contribution in [2.45, 2.75) is 24.3 Å². The molecule has 0 saturated carbocycles. The van der Waals surface area contributed by atoms with Crippen molar-refractivity contribution < 1.29 is 23.2 Å². The summed E-state index contributed by atoms with van der Waals surface area (Å²) in [6.45, 7) is 2.46. The zero-order valence-corrected chi connectivity index (χ0v) is 11.8. The van der Waals surface area contributed by atoms with Gasteiger partial charge in [-0.1, -0.05) is 0 Å². The molecule has 0 spiro atoms. The van der Waals surface area contributed by atoms with Crippen LogP contribution < -0.4 is 0 Å². The third-order valence-electron chi connectivity index (χ3n) is 2.88. The maximum Gasteiger partial charge on any atom is 0.363 e. The van der Waals surface area contributed by atoms with Crippen LogP contribution in [0.25, 0.3) is 0 Å². The number of aromatic nitrogens is 1. The molecule has 0 fully saturated rings. The van der Waals surface area contributed by atoms with Crippen LogP contribution in [0, 0.1) is 10.1 Å². The van der Waals surface area contributed by atoms with Gasteiger partial charge < -0.3 is 15.2 Å². The van der Waals surface area contributed by atoms with E-state index >= 15 is 0 Å². The maximum atomic E-state index is 12.2. The van der Waals surface area contributed by atoms with E-state index in [0.29, 0.717) is 4.31 Å². The summed E-state index contributed by atoms with van der Waals surface area (Å²) in [5, 5.41) is 19.5. The molecule has 1 aromatic rings. The van der Waals surface area contributed by atoms with Crippen molar-refractivity contribution in [1.29, 1.82) is 0 Å². The molecule has 0 amide bonds. The molecule has 0 aliphatic heterocycles. The lowest BCUT2D eigenvalue weighted by Crippen LogP contribution is -2.50. The van der Waals surface area contributed by atoms with Crippen molar-refractivity contribution in [2.24, 2.45) is 0 Å². The maximum absolute atomic E-state index is 12.2. The molecule has 20 heavy (non-hydrogen) atoms. The predicted octanol–water partition coefficient (Wildman–Crippen LogP) is 0.473. The van der Waals surface area contributed by atoms with Gasteiger partial charge in [0.2, 0.25) is 10.0 Å². The Labute approximate surface area is 115 Å². The summed E-state index contributed by atoms with van der Waals surface area (Å²) < 4.78 is 25.1. The SMILES string of the molecule is CN(C(C)(C)C(=O)O)S(=O)(=O)c1ccc([N+](=O)[O-])nc1. The van der Waals surface area contributed by atoms with Crippen LogP contribution in [-0.2, 0) is 14.8 Å². The van der Waals surface area contributed by atoms with Gasteiger partial charge in [-0.3, -0.25) is 4.79 Å². The van der Waals surface area contributed by atoms with Crippen LogP contribution in [0.2, 0.25) is 0 Å². The first-order valence-electron chi connectivity index (χ1n) is 5.34. The number of hydrogen-bond donors (Lipinski definition) is 1. The number of carboxylic acids is 1. The van der Waals surface area contributed by atoms with Crippen molar-refractivity contribution in [3.8, 4) is 0 Å². The van der Waals surface area contributed by atoms with Crippen LogP contribution >= 0.6 is 0 Å². The van der Waals surface area contributed by atoms with Crippen molar-refractivity contribution >= 4 is 21.8 Å². The number of carboxylic acid groups (broad SMARTS) is 1. The molecule has 110 valence electrons. The fourth-order valence-electron chi connectivity index (χ4n) is 1.23. The molecule has 0 radical (unpaired) electrons. The van der Waals surface area contributed by atoms with Gasteiger partial charge >= 0.3 is 11.8 Å². The minimum absolute atomic E-state index is 0.320. The minimum Gasteiger partial charge on any atom is -0.480 e. The monoisotopic (exact) mass is 303 g/mol. The number of nitro groups is 1. The second-order valence-corrected chi connectivity index (χ2v) is 6.42. The van der Waals surface area contributed by atoms with Gasteiger partial charge in [0, 0.05) is 13.1 Å². The summed E-state index contributed by atoms with van der Waals surface area (Å²) in [7, 11) is -3.00. The Hall–Kier alpha value is -2.07. The molecule has 1 rings (SSSR count). The Kier molecular flexibility index (Phi) is 4.10. The third-order valence-corrected chi connectivity index (χ3v) is 4.89. The topological polar surface area (TPSA) is 131 Å². The van der Waals surface area contributed by atoms with Gasteiger partial charge in [0.25, 0.3) is 0 Å². The van der Waals surface area contributed by atoms with Crippen molar-refractivity contribution in [2.75, 3.05) is 7.05 Å². The van der Waals surface area contributed by atoms with Crippen LogP contribution in [0.15, 0.2) is 23.2 Å². The Bertz CT molecular complexity index is 637. The molecule has 0 aliphatic rings. The van der Waals surface area contributed by atoms with Gasteiger partial charge in [-0.2, -0.15) is 4.31 Å². The molecule has 0 aromatic carbocycles. The Morgan fingerprint density at radius 3 is 2.35 bits per heavy atom. The number of aliphatic carboxylic acids is 1. The number of likely N-dealkylation sites (N-methyl/N-ethyl adjacent to an activating group) is 1. The van der Waals surface area contributed by atoms with Crippen LogP contribution in [0.4, 0.5) is 5.82 Å². The number of carbonyl (C=O) groups is 1. The Balaban J connectivity index is 3.23. The standard InChI is InChI=1S/C10H13N3O6S/c1-10(2,9(14)15)12(3)20(18,19)7-4-5-8(11-6-7)13(16)17/h4-6H,1-3H3,(H,14,15). The van der Waals surface area contributed by atoms with E-state index in [1.807, 2.05) is 0 Å². The minimum atomic E-state index is -4.12. The Morgan fingerprint density at radius 2 is 2.00 bits per heavy atom. The second-order valence-electron chi connectivity index (χ2n) is 4.45. The van der Waals surface area contributed by atoms with Gasteiger partial charge in [-0.15, -0.1) is 0 Å². The van der Waals surface area contributed by atoms with Crippen LogP contribution in [0.3, 0.4) is 0 Å². The highest BCUT2D eigenvalue weighted by atomic mass is 32.2. The van der Waals surface area contributed by atoms with Crippen molar-refractivity contribution in [1.82, 2.24) is 9.29 Å². The van der Waals surface area contributed by atoms with Crippen molar-refractivity contribution in [3.05, 3.63) is 28.4 Å². The lowest BCUT2D eigenvalue weighted by atomic mass is 10.1. The van der Waals surface area contributed by atoms with Gasteiger partial charge in [-0.25, -0.2) is 8.42 Å². The molecule has 1 heterocycles. The Morgan fingerprint density at radius 1 is 1.45 bits per heavy atom. The van der Waals surface area contributed by atoms with Crippen LogP contribution in [0.1, 0.15) is 13.8 Å². The van der Waals surface area contributed by atoms with Crippen molar-refractivity contribution in [3.63, 3.8) is 0 Å². The van der Waals surface area contributed by atoms with E-state index in [-0.39, 0.29) is 4.90 Å². The first-order chi connectivity index (χ1) is 9.01. The molecule has 0 bridgehead atoms. The largest absolute Gasteiger partial charge is 0.480 e. The molecule has 10 heteroatoms. The lowest BCUT2D eigenvalue weighted by molar-refractivity contribution is -0.389. The first kappa shape index (κ1) is 16.0. The van der Waals surface area contributed by atoms with Gasteiger partial charge in [0.1, 0.15) is 10.4 Å².